The first-order chi connectivity index (χ1) is 19.4. The minimum atomic E-state index is -1.45. The predicted octanol–water partition coefficient (Wildman–Crippen LogP) is 2.62. The van der Waals surface area contributed by atoms with E-state index in [1.165, 1.54) is 9.80 Å². The number of hydrogen-bond acceptors (Lipinski definition) is 6. The van der Waals surface area contributed by atoms with E-state index in [-0.39, 0.29) is 24.3 Å². The molecule has 3 aromatic rings. The Balaban J connectivity index is 1.26. The van der Waals surface area contributed by atoms with Crippen LogP contribution in [0.2, 0.25) is 0 Å². The summed E-state index contributed by atoms with van der Waals surface area (Å²) in [5.74, 6) is -2.41. The van der Waals surface area contributed by atoms with E-state index in [1.54, 1.807) is 42.3 Å². The molecule has 1 spiro atoms. The molecule has 4 heterocycles. The van der Waals surface area contributed by atoms with Crippen LogP contribution >= 0.6 is 0 Å². The lowest BCUT2D eigenvalue weighted by Gasteiger charge is -2.30. The number of hydrogen-bond donors (Lipinski definition) is 1. The van der Waals surface area contributed by atoms with Gasteiger partial charge in [0.05, 0.1) is 24.6 Å². The molecule has 40 heavy (non-hydrogen) atoms. The summed E-state index contributed by atoms with van der Waals surface area (Å²) in [6.07, 6.45) is 0.761. The van der Waals surface area contributed by atoms with Crippen molar-refractivity contribution in [3.8, 4) is 5.75 Å². The zero-order chi connectivity index (χ0) is 27.8. The highest BCUT2D eigenvalue weighted by molar-refractivity contribution is 6.26. The molecule has 0 aliphatic carbocycles. The quantitative estimate of drug-likeness (QED) is 0.515. The third-order valence-electron chi connectivity index (χ3n) is 8.83. The average Bonchev–Trinajstić information content (AvgIpc) is 3.67. The van der Waals surface area contributed by atoms with E-state index in [1.807, 2.05) is 49.4 Å². The topological polar surface area (TPSA) is 99.3 Å². The molecule has 3 aromatic carbocycles. The number of anilines is 3. The maximum Gasteiger partial charge on any atom is 0.253 e. The van der Waals surface area contributed by atoms with Crippen LogP contribution in [0.1, 0.15) is 18.1 Å². The summed E-state index contributed by atoms with van der Waals surface area (Å²) < 4.78 is 5.23. The maximum absolute atomic E-state index is 14.4. The van der Waals surface area contributed by atoms with Crippen LogP contribution in [-0.4, -0.2) is 49.9 Å². The van der Waals surface area contributed by atoms with Crippen molar-refractivity contribution >= 4 is 40.7 Å². The van der Waals surface area contributed by atoms with Crippen LogP contribution in [0.5, 0.6) is 5.75 Å². The van der Waals surface area contributed by atoms with Crippen molar-refractivity contribution in [3.63, 3.8) is 0 Å². The highest BCUT2D eigenvalue weighted by Gasteiger charge is 2.71. The monoisotopic (exact) mass is 536 g/mol. The molecule has 9 nitrogen and oxygen atoms in total. The van der Waals surface area contributed by atoms with Crippen molar-refractivity contribution in [1.29, 1.82) is 0 Å². The number of nitrogens with one attached hydrogen (secondary N) is 1. The molecule has 7 rings (SSSR count). The lowest BCUT2D eigenvalue weighted by Crippen LogP contribution is -2.56. The Kier molecular flexibility index (Phi) is 5.37. The molecule has 4 amide bonds. The van der Waals surface area contributed by atoms with Gasteiger partial charge < -0.3 is 14.5 Å². The molecule has 4 aliphatic heterocycles. The van der Waals surface area contributed by atoms with Crippen LogP contribution in [0.3, 0.4) is 0 Å². The van der Waals surface area contributed by atoms with E-state index in [2.05, 4.69) is 5.32 Å². The van der Waals surface area contributed by atoms with Crippen molar-refractivity contribution in [2.24, 2.45) is 11.8 Å². The summed E-state index contributed by atoms with van der Waals surface area (Å²) in [5.41, 5.74) is 2.15. The minimum absolute atomic E-state index is 0.163. The molecular weight excluding hydrogens is 508 g/mol. The van der Waals surface area contributed by atoms with Gasteiger partial charge in [-0.3, -0.25) is 24.5 Å². The van der Waals surface area contributed by atoms with Crippen molar-refractivity contribution in [1.82, 2.24) is 5.32 Å². The van der Waals surface area contributed by atoms with Gasteiger partial charge in [0.25, 0.3) is 5.91 Å². The van der Waals surface area contributed by atoms with Crippen LogP contribution in [0.15, 0.2) is 72.8 Å². The zero-order valence-corrected chi connectivity index (χ0v) is 22.2. The Bertz CT molecular complexity index is 1590. The Morgan fingerprint density at radius 2 is 1.65 bits per heavy atom. The lowest BCUT2D eigenvalue weighted by atomic mass is 9.76. The summed E-state index contributed by atoms with van der Waals surface area (Å²) in [6.45, 7) is 2.22. The van der Waals surface area contributed by atoms with Gasteiger partial charge in [0.2, 0.25) is 17.7 Å². The number of imide groups is 1. The number of para-hydroxylation sites is 2. The summed E-state index contributed by atoms with van der Waals surface area (Å²) in [6, 6.07) is 21.3. The second kappa shape index (κ2) is 8.76. The molecule has 4 aliphatic rings. The van der Waals surface area contributed by atoms with Crippen LogP contribution < -0.4 is 24.8 Å². The van der Waals surface area contributed by atoms with Gasteiger partial charge >= 0.3 is 0 Å². The predicted molar refractivity (Wildman–Crippen MR) is 148 cm³/mol. The number of benzene rings is 3. The molecular formula is C31H28N4O5. The fourth-order valence-electron chi connectivity index (χ4n) is 7.07. The summed E-state index contributed by atoms with van der Waals surface area (Å²) >= 11 is 0. The molecule has 0 radical (unpaired) electrons. The van der Waals surface area contributed by atoms with Gasteiger partial charge in [0.1, 0.15) is 17.8 Å². The SMILES string of the molecule is COc1ccc(N2C(=O)C3C(C)NC4(C(=O)N(CC(=O)N5CCc6ccccc65)c5ccccc54)C3C2=O)cc1. The van der Waals surface area contributed by atoms with Gasteiger partial charge in [0.15, 0.2) is 0 Å². The Morgan fingerprint density at radius 3 is 2.40 bits per heavy atom. The number of rotatable bonds is 4. The molecule has 4 unspecified atom stereocenters. The Morgan fingerprint density at radius 1 is 0.950 bits per heavy atom. The Hall–Kier alpha value is -4.50. The van der Waals surface area contributed by atoms with Crippen molar-refractivity contribution in [2.45, 2.75) is 24.9 Å². The van der Waals surface area contributed by atoms with Gasteiger partial charge in [-0.2, -0.15) is 0 Å². The first kappa shape index (κ1) is 24.5. The van der Waals surface area contributed by atoms with Crippen LogP contribution in [0.25, 0.3) is 0 Å². The third-order valence-corrected chi connectivity index (χ3v) is 8.83. The molecule has 0 bridgehead atoms. The molecule has 0 saturated carbocycles. The lowest BCUT2D eigenvalue weighted by molar-refractivity contribution is -0.132. The smallest absolute Gasteiger partial charge is 0.253 e. The molecule has 1 N–H and O–H groups in total. The highest BCUT2D eigenvalue weighted by Crippen LogP contribution is 2.55. The van der Waals surface area contributed by atoms with Gasteiger partial charge in [-0.15, -0.1) is 0 Å². The fourth-order valence-corrected chi connectivity index (χ4v) is 7.07. The minimum Gasteiger partial charge on any atom is -0.497 e. The van der Waals surface area contributed by atoms with E-state index in [0.717, 1.165) is 17.7 Å². The second-order valence-corrected chi connectivity index (χ2v) is 10.8. The maximum atomic E-state index is 14.4. The molecule has 4 atom stereocenters. The first-order valence-corrected chi connectivity index (χ1v) is 13.5. The van der Waals surface area contributed by atoms with E-state index in [4.69, 9.17) is 4.74 Å². The Labute approximate surface area is 231 Å². The van der Waals surface area contributed by atoms with Gasteiger partial charge in [0, 0.05) is 29.5 Å². The van der Waals surface area contributed by atoms with Crippen molar-refractivity contribution < 1.29 is 23.9 Å². The largest absolute Gasteiger partial charge is 0.497 e. The molecule has 2 fully saturated rings. The fraction of sp³-hybridized carbons (Fsp3) is 0.290. The van der Waals surface area contributed by atoms with Crippen molar-refractivity contribution in [3.05, 3.63) is 83.9 Å². The molecule has 0 aromatic heterocycles. The zero-order valence-electron chi connectivity index (χ0n) is 22.2. The van der Waals surface area contributed by atoms with Crippen molar-refractivity contribution in [2.75, 3.05) is 34.9 Å². The van der Waals surface area contributed by atoms with E-state index in [9.17, 15) is 19.2 Å². The summed E-state index contributed by atoms with van der Waals surface area (Å²) in [5, 5.41) is 3.37. The molecule has 202 valence electrons. The summed E-state index contributed by atoms with van der Waals surface area (Å²) in [4.78, 5) is 60.2. The normalized spacial score (nSPS) is 26.5. The first-order valence-electron chi connectivity index (χ1n) is 13.5. The number of carbonyl (C=O) groups excluding carboxylic acids is 4. The summed E-state index contributed by atoms with van der Waals surface area (Å²) in [7, 11) is 1.55. The van der Waals surface area contributed by atoms with Crippen LogP contribution in [0.4, 0.5) is 17.1 Å². The van der Waals surface area contributed by atoms with E-state index >= 15 is 0 Å². The van der Waals surface area contributed by atoms with Crippen LogP contribution in [0, 0.1) is 11.8 Å². The molecule has 9 heteroatoms. The standard InChI is InChI=1S/C31H28N4O5/c1-18-26-27(29(38)35(28(26)37)20-11-13-21(40-2)14-12-20)31(32-18)22-8-4-6-10-24(22)34(30(31)39)17-25(36)33-16-15-19-7-3-5-9-23(19)33/h3-14,18,26-27,32H,15-17H2,1-2H3. The molecule has 2 saturated heterocycles. The average molecular weight is 537 g/mol. The van der Waals surface area contributed by atoms with E-state index < -0.39 is 29.3 Å². The number of nitrogens with zero attached hydrogens (tertiary/aromatic N) is 3. The van der Waals surface area contributed by atoms with Gasteiger partial charge in [-0.05, 0) is 55.3 Å². The number of amides is 4. The van der Waals surface area contributed by atoms with Gasteiger partial charge in [-0.1, -0.05) is 36.4 Å². The number of carbonyl (C=O) groups is 4. The van der Waals surface area contributed by atoms with Crippen LogP contribution in [-0.2, 0) is 31.1 Å². The van der Waals surface area contributed by atoms with E-state index in [0.29, 0.717) is 29.2 Å². The highest BCUT2D eigenvalue weighted by atomic mass is 16.5. The second-order valence-electron chi connectivity index (χ2n) is 10.8. The van der Waals surface area contributed by atoms with Gasteiger partial charge in [-0.25, -0.2) is 4.90 Å². The number of ether oxygens (including phenoxy) is 1. The number of methoxy groups -OCH3 is 1. The number of fused-ring (bicyclic) bond motifs is 5. The third kappa shape index (κ3) is 3.18.